The van der Waals surface area contributed by atoms with Crippen LogP contribution in [0.5, 0.6) is 0 Å². The van der Waals surface area contributed by atoms with Gasteiger partial charge in [0.1, 0.15) is 16.9 Å². The van der Waals surface area contributed by atoms with E-state index < -0.39 is 17.3 Å². The number of likely N-dealkylation sites (tertiary alicyclic amines) is 1. The van der Waals surface area contributed by atoms with Crippen LogP contribution in [0.1, 0.15) is 87.3 Å². The van der Waals surface area contributed by atoms with Crippen LogP contribution in [0.15, 0.2) is 34.9 Å². The van der Waals surface area contributed by atoms with Crippen molar-refractivity contribution in [2.45, 2.75) is 76.9 Å². The Balaban J connectivity index is 1.41. The molecule has 2 aliphatic rings. The van der Waals surface area contributed by atoms with E-state index in [-0.39, 0.29) is 23.6 Å². The SMILES string of the molecule is CC(C)(C)OC(=O)N1CCC(c2cc3c(cn2)nc(NC(=O)c2c(F)cccc2Br)n3C2CCCC2)CC1. The fourth-order valence-corrected chi connectivity index (χ4v) is 5.94. The monoisotopic (exact) mass is 585 g/mol. The first-order valence-electron chi connectivity index (χ1n) is 13.2. The number of halogens is 2. The van der Waals surface area contributed by atoms with Crippen LogP contribution in [0.4, 0.5) is 15.1 Å². The zero-order valence-corrected chi connectivity index (χ0v) is 23.6. The number of imidazole rings is 1. The number of amides is 2. The third-order valence-electron chi connectivity index (χ3n) is 7.27. The number of carbonyl (C=O) groups excluding carboxylic acids is 2. The molecule has 0 unspecified atom stereocenters. The van der Waals surface area contributed by atoms with E-state index in [1.54, 1.807) is 23.2 Å². The Bertz CT molecular complexity index is 1330. The van der Waals surface area contributed by atoms with Gasteiger partial charge in [0.25, 0.3) is 5.91 Å². The Morgan fingerprint density at radius 2 is 1.84 bits per heavy atom. The topological polar surface area (TPSA) is 89.3 Å². The molecule has 3 heterocycles. The summed E-state index contributed by atoms with van der Waals surface area (Å²) in [5.74, 6) is -0.530. The molecule has 0 spiro atoms. The van der Waals surface area contributed by atoms with E-state index in [0.29, 0.717) is 29.0 Å². The molecule has 1 saturated carbocycles. The van der Waals surface area contributed by atoms with Gasteiger partial charge in [0.05, 0.1) is 17.3 Å². The van der Waals surface area contributed by atoms with E-state index in [2.05, 4.69) is 31.9 Å². The number of piperidine rings is 1. The van der Waals surface area contributed by atoms with Crippen molar-refractivity contribution in [3.8, 4) is 0 Å². The molecule has 10 heteroatoms. The molecule has 8 nitrogen and oxygen atoms in total. The summed E-state index contributed by atoms with van der Waals surface area (Å²) in [4.78, 5) is 36.7. The normalized spacial score (nSPS) is 17.2. The average molecular weight is 587 g/mol. The molecule has 1 saturated heterocycles. The van der Waals surface area contributed by atoms with Crippen LogP contribution in [-0.2, 0) is 4.74 Å². The molecule has 2 aromatic heterocycles. The maximum absolute atomic E-state index is 14.5. The average Bonchev–Trinajstić information content (AvgIpc) is 3.50. The zero-order valence-electron chi connectivity index (χ0n) is 22.0. The van der Waals surface area contributed by atoms with Crippen molar-refractivity contribution in [2.75, 3.05) is 18.4 Å². The van der Waals surface area contributed by atoms with E-state index in [4.69, 9.17) is 14.7 Å². The Kier molecular flexibility index (Phi) is 7.44. The summed E-state index contributed by atoms with van der Waals surface area (Å²) in [5, 5.41) is 2.87. The predicted molar refractivity (Wildman–Crippen MR) is 147 cm³/mol. The molecule has 5 rings (SSSR count). The van der Waals surface area contributed by atoms with Gasteiger partial charge in [-0.2, -0.15) is 0 Å². The van der Waals surface area contributed by atoms with Crippen molar-refractivity contribution >= 4 is 44.9 Å². The highest BCUT2D eigenvalue weighted by molar-refractivity contribution is 9.10. The number of benzene rings is 1. The van der Waals surface area contributed by atoms with Crippen LogP contribution in [0.2, 0.25) is 0 Å². The quantitative estimate of drug-likeness (QED) is 0.363. The molecular weight excluding hydrogens is 553 g/mol. The summed E-state index contributed by atoms with van der Waals surface area (Å²) in [7, 11) is 0. The molecule has 1 N–H and O–H groups in total. The Hall–Kier alpha value is -3.01. The van der Waals surface area contributed by atoms with Gasteiger partial charge in [0.15, 0.2) is 0 Å². The second-order valence-corrected chi connectivity index (χ2v) is 12.0. The molecule has 202 valence electrons. The Morgan fingerprint density at radius 3 is 2.50 bits per heavy atom. The molecule has 2 fully saturated rings. The second kappa shape index (κ2) is 10.6. The number of ether oxygens (including phenoxy) is 1. The van der Waals surface area contributed by atoms with Crippen molar-refractivity contribution in [3.05, 3.63) is 52.0 Å². The highest BCUT2D eigenvalue weighted by atomic mass is 79.9. The van der Waals surface area contributed by atoms with Gasteiger partial charge < -0.3 is 14.2 Å². The van der Waals surface area contributed by atoms with E-state index >= 15 is 0 Å². The van der Waals surface area contributed by atoms with Crippen molar-refractivity contribution in [1.29, 1.82) is 0 Å². The van der Waals surface area contributed by atoms with Gasteiger partial charge in [-0.3, -0.25) is 15.1 Å². The Morgan fingerprint density at radius 1 is 1.13 bits per heavy atom. The number of nitrogens with zero attached hydrogens (tertiary/aromatic N) is 4. The number of hydrogen-bond donors (Lipinski definition) is 1. The molecule has 1 aromatic carbocycles. The number of nitrogens with one attached hydrogen (secondary N) is 1. The molecular formula is C28H33BrFN5O3. The summed E-state index contributed by atoms with van der Waals surface area (Å²) in [6.07, 6.45) is 7.26. The van der Waals surface area contributed by atoms with Gasteiger partial charge in [-0.15, -0.1) is 0 Å². The largest absolute Gasteiger partial charge is 0.444 e. The van der Waals surface area contributed by atoms with Crippen molar-refractivity contribution in [2.24, 2.45) is 0 Å². The third kappa shape index (κ3) is 5.55. The molecule has 38 heavy (non-hydrogen) atoms. The summed E-state index contributed by atoms with van der Waals surface area (Å²) in [6.45, 7) is 6.84. The van der Waals surface area contributed by atoms with Crippen LogP contribution in [0.25, 0.3) is 11.0 Å². The lowest BCUT2D eigenvalue weighted by Gasteiger charge is -2.33. The van der Waals surface area contributed by atoms with Crippen LogP contribution in [-0.4, -0.2) is 50.1 Å². The lowest BCUT2D eigenvalue weighted by molar-refractivity contribution is 0.0204. The minimum atomic E-state index is -0.595. The van der Waals surface area contributed by atoms with Crippen LogP contribution < -0.4 is 5.32 Å². The van der Waals surface area contributed by atoms with Crippen LogP contribution in [0, 0.1) is 5.82 Å². The predicted octanol–water partition coefficient (Wildman–Crippen LogP) is 6.81. The molecule has 1 aliphatic heterocycles. The molecule has 0 radical (unpaired) electrons. The summed E-state index contributed by atoms with van der Waals surface area (Å²) in [6, 6.07) is 6.73. The van der Waals surface area contributed by atoms with Gasteiger partial charge in [-0.1, -0.05) is 18.9 Å². The smallest absolute Gasteiger partial charge is 0.410 e. The highest BCUT2D eigenvalue weighted by Gasteiger charge is 2.30. The summed E-state index contributed by atoms with van der Waals surface area (Å²) in [5.41, 5.74) is 1.99. The summed E-state index contributed by atoms with van der Waals surface area (Å²) < 4.78 is 22.5. The van der Waals surface area contributed by atoms with Crippen LogP contribution >= 0.6 is 15.9 Å². The third-order valence-corrected chi connectivity index (χ3v) is 7.93. The van der Waals surface area contributed by atoms with E-state index in [0.717, 1.165) is 49.7 Å². The van der Waals surface area contributed by atoms with E-state index in [1.807, 2.05) is 20.8 Å². The first-order valence-corrected chi connectivity index (χ1v) is 14.0. The number of anilines is 1. The number of fused-ring (bicyclic) bond motifs is 1. The summed E-state index contributed by atoms with van der Waals surface area (Å²) >= 11 is 3.29. The highest BCUT2D eigenvalue weighted by Crippen LogP contribution is 2.37. The van der Waals surface area contributed by atoms with Gasteiger partial charge in [0.2, 0.25) is 5.95 Å². The number of rotatable bonds is 4. The second-order valence-electron chi connectivity index (χ2n) is 11.1. The first kappa shape index (κ1) is 26.6. The molecule has 3 aromatic rings. The van der Waals surface area contributed by atoms with Gasteiger partial charge in [-0.05, 0) is 80.6 Å². The minimum absolute atomic E-state index is 0.0481. The van der Waals surface area contributed by atoms with Crippen molar-refractivity contribution in [3.63, 3.8) is 0 Å². The van der Waals surface area contributed by atoms with E-state index in [9.17, 15) is 14.0 Å². The number of carbonyl (C=O) groups is 2. The maximum Gasteiger partial charge on any atom is 0.410 e. The van der Waals surface area contributed by atoms with Gasteiger partial charge in [-0.25, -0.2) is 14.2 Å². The van der Waals surface area contributed by atoms with E-state index in [1.165, 1.54) is 6.07 Å². The fraction of sp³-hybridized carbons (Fsp3) is 0.500. The molecule has 0 atom stereocenters. The fourth-order valence-electron chi connectivity index (χ4n) is 5.42. The standard InChI is InChI=1S/C28H33BrFN5O3/c1-28(2,3)38-27(37)34-13-11-17(12-14-34)21-15-23-22(16-31-21)32-26(35(23)18-7-4-5-8-18)33-25(36)24-19(29)9-6-10-20(24)30/h6,9-10,15-18H,4-5,7-8,11-14H2,1-3H3,(H,32,33,36). The van der Waals surface area contributed by atoms with Crippen molar-refractivity contribution in [1.82, 2.24) is 19.4 Å². The minimum Gasteiger partial charge on any atom is -0.444 e. The number of aromatic nitrogens is 3. The lowest BCUT2D eigenvalue weighted by Crippen LogP contribution is -2.41. The van der Waals surface area contributed by atoms with Crippen LogP contribution in [0.3, 0.4) is 0 Å². The van der Waals surface area contributed by atoms with Gasteiger partial charge in [0, 0.05) is 35.2 Å². The molecule has 2 amide bonds. The first-order chi connectivity index (χ1) is 18.1. The molecule has 1 aliphatic carbocycles. The zero-order chi connectivity index (χ0) is 27.0. The van der Waals surface area contributed by atoms with Gasteiger partial charge >= 0.3 is 6.09 Å². The lowest BCUT2D eigenvalue weighted by atomic mass is 9.93. The Labute approximate surface area is 230 Å². The van der Waals surface area contributed by atoms with Crippen molar-refractivity contribution < 1.29 is 18.7 Å². The number of hydrogen-bond acceptors (Lipinski definition) is 5. The maximum atomic E-state index is 14.5. The number of pyridine rings is 1. The molecule has 0 bridgehead atoms.